The number of nitrogens with zero attached hydrogens (tertiary/aromatic N) is 4. The number of morpholine rings is 1. The van der Waals surface area contributed by atoms with Crippen LogP contribution in [0.25, 0.3) is 0 Å². The Bertz CT molecular complexity index is 750. The second-order valence-corrected chi connectivity index (χ2v) is 5.31. The Hall–Kier alpha value is -3.21. The van der Waals surface area contributed by atoms with Crippen LogP contribution in [0.1, 0.15) is 15.9 Å². The minimum absolute atomic E-state index is 0.135. The molecular formula is C14H19N7O4. The fraction of sp³-hybridized carbons (Fsp3) is 0.357. The third kappa shape index (κ3) is 4.41. The predicted octanol–water partition coefficient (Wildman–Crippen LogP) is -0.405. The van der Waals surface area contributed by atoms with Crippen molar-refractivity contribution < 1.29 is 14.5 Å². The molecule has 1 saturated heterocycles. The molecule has 6 N–H and O–H groups in total. The minimum atomic E-state index is -0.582. The van der Waals surface area contributed by atoms with Crippen molar-refractivity contribution in [3.8, 4) is 0 Å². The number of hydrogen-bond acceptors (Lipinski definition) is 5. The Kier molecular flexibility index (Phi) is 5.49. The number of amides is 1. The van der Waals surface area contributed by atoms with Gasteiger partial charge in [0.2, 0.25) is 5.96 Å². The molecule has 1 heterocycles. The van der Waals surface area contributed by atoms with Crippen molar-refractivity contribution in [2.24, 2.45) is 27.2 Å². The number of nitrogens with two attached hydrogens (primary N) is 3. The largest absolute Gasteiger partial charge is 0.378 e. The smallest absolute Gasteiger partial charge is 0.275 e. The maximum Gasteiger partial charge on any atom is 0.275 e. The summed E-state index contributed by atoms with van der Waals surface area (Å²) in [5.41, 5.74) is 16.3. The van der Waals surface area contributed by atoms with Crippen LogP contribution in [-0.2, 0) is 4.74 Å². The number of aliphatic imine (C=N–C) groups is 2. The summed E-state index contributed by atoms with van der Waals surface area (Å²) in [5.74, 6) is -0.911. The highest BCUT2D eigenvalue weighted by Crippen LogP contribution is 2.30. The average Bonchev–Trinajstić information content (AvgIpc) is 2.55. The summed E-state index contributed by atoms with van der Waals surface area (Å²) in [6, 6.07) is 2.65. The van der Waals surface area contributed by atoms with Gasteiger partial charge in [0.15, 0.2) is 5.96 Å². The van der Waals surface area contributed by atoms with Gasteiger partial charge in [-0.2, -0.15) is 4.99 Å². The fourth-order valence-corrected chi connectivity index (χ4v) is 2.34. The number of benzene rings is 1. The summed E-state index contributed by atoms with van der Waals surface area (Å²) in [6.45, 7) is 3.16. The van der Waals surface area contributed by atoms with Gasteiger partial charge in [0.25, 0.3) is 11.6 Å². The number of carbonyl (C=O) groups is 1. The summed E-state index contributed by atoms with van der Waals surface area (Å²) >= 11 is 0. The Labute approximate surface area is 143 Å². The van der Waals surface area contributed by atoms with Gasteiger partial charge in [-0.15, -0.1) is 0 Å². The van der Waals surface area contributed by atoms with Gasteiger partial charge in [-0.3, -0.25) is 14.9 Å². The van der Waals surface area contributed by atoms with Gasteiger partial charge in [0.05, 0.1) is 29.4 Å². The third-order valence-corrected chi connectivity index (χ3v) is 3.57. The number of rotatable bonds is 3. The zero-order valence-corrected chi connectivity index (χ0v) is 13.6. The molecule has 0 unspecified atom stereocenters. The Morgan fingerprint density at radius 1 is 1.28 bits per heavy atom. The molecule has 1 aromatic rings. The highest BCUT2D eigenvalue weighted by molar-refractivity contribution is 5.97. The molecule has 0 aromatic heterocycles. The first-order chi connectivity index (χ1) is 11.8. The standard InChI is InChI=1S/C14H19N7O4/c1-8-10(18-14(17)19-13(15)16)6-9(7-11(8)21(23)24)12(22)20-2-4-25-5-3-20/h6-7H,2-5H2,1H3,(H6,15,16,17,18,19). The van der Waals surface area contributed by atoms with Crippen LogP contribution in [0.2, 0.25) is 0 Å². The van der Waals surface area contributed by atoms with Crippen LogP contribution < -0.4 is 17.2 Å². The molecule has 0 saturated carbocycles. The maximum atomic E-state index is 12.6. The summed E-state index contributed by atoms with van der Waals surface area (Å²) in [6.07, 6.45) is 0. The van der Waals surface area contributed by atoms with E-state index in [1.165, 1.54) is 19.1 Å². The summed E-state index contributed by atoms with van der Waals surface area (Å²) in [5, 5.41) is 11.3. The predicted molar refractivity (Wildman–Crippen MR) is 91.6 cm³/mol. The van der Waals surface area contributed by atoms with Crippen molar-refractivity contribution in [3.05, 3.63) is 33.4 Å². The molecule has 1 aliphatic rings. The van der Waals surface area contributed by atoms with Gasteiger partial charge < -0.3 is 26.8 Å². The summed E-state index contributed by atoms with van der Waals surface area (Å²) in [7, 11) is 0. The summed E-state index contributed by atoms with van der Waals surface area (Å²) in [4.78, 5) is 32.4. The van der Waals surface area contributed by atoms with Crippen LogP contribution in [0.15, 0.2) is 22.1 Å². The van der Waals surface area contributed by atoms with E-state index in [2.05, 4.69) is 9.98 Å². The number of nitro benzene ring substituents is 1. The lowest BCUT2D eigenvalue weighted by atomic mass is 10.1. The molecule has 0 spiro atoms. The SMILES string of the molecule is Cc1c(N=C(N)N=C(N)N)cc(C(=O)N2CCOCC2)cc1[N+](=O)[O-]. The van der Waals surface area contributed by atoms with Crippen LogP contribution in [-0.4, -0.2) is 54.0 Å². The molecule has 11 heteroatoms. The first-order valence-electron chi connectivity index (χ1n) is 7.39. The van der Waals surface area contributed by atoms with E-state index in [1.807, 2.05) is 0 Å². The van der Waals surface area contributed by atoms with Crippen LogP contribution in [0, 0.1) is 17.0 Å². The molecule has 0 atom stereocenters. The molecule has 0 bridgehead atoms. The molecule has 1 amide bonds. The topological polar surface area (TPSA) is 175 Å². The van der Waals surface area contributed by atoms with E-state index in [4.69, 9.17) is 21.9 Å². The number of carbonyl (C=O) groups excluding carboxylic acids is 1. The van der Waals surface area contributed by atoms with E-state index in [9.17, 15) is 14.9 Å². The van der Waals surface area contributed by atoms with E-state index >= 15 is 0 Å². The molecule has 11 nitrogen and oxygen atoms in total. The highest BCUT2D eigenvalue weighted by Gasteiger charge is 2.24. The van der Waals surface area contributed by atoms with Gasteiger partial charge >= 0.3 is 0 Å². The molecule has 1 aliphatic heterocycles. The van der Waals surface area contributed by atoms with Gasteiger partial charge in [0.1, 0.15) is 0 Å². The minimum Gasteiger partial charge on any atom is -0.378 e. The highest BCUT2D eigenvalue weighted by atomic mass is 16.6. The number of hydrogen-bond donors (Lipinski definition) is 3. The number of nitro groups is 1. The lowest BCUT2D eigenvalue weighted by molar-refractivity contribution is -0.385. The number of ether oxygens (including phenoxy) is 1. The maximum absolute atomic E-state index is 12.6. The monoisotopic (exact) mass is 349 g/mol. The van der Waals surface area contributed by atoms with E-state index in [1.54, 1.807) is 4.90 Å². The van der Waals surface area contributed by atoms with Gasteiger partial charge in [-0.05, 0) is 13.0 Å². The first kappa shape index (κ1) is 18.1. The molecular weight excluding hydrogens is 330 g/mol. The molecule has 25 heavy (non-hydrogen) atoms. The van der Waals surface area contributed by atoms with Crippen molar-refractivity contribution >= 4 is 29.2 Å². The zero-order chi connectivity index (χ0) is 18.6. The van der Waals surface area contributed by atoms with Gasteiger partial charge in [-0.25, -0.2) is 4.99 Å². The van der Waals surface area contributed by atoms with Crippen molar-refractivity contribution in [1.29, 1.82) is 0 Å². The fourth-order valence-electron chi connectivity index (χ4n) is 2.34. The second-order valence-electron chi connectivity index (χ2n) is 5.31. The molecule has 1 fully saturated rings. The van der Waals surface area contributed by atoms with Gasteiger partial charge in [-0.1, -0.05) is 0 Å². The van der Waals surface area contributed by atoms with Crippen LogP contribution >= 0.6 is 0 Å². The van der Waals surface area contributed by atoms with Crippen LogP contribution in [0.4, 0.5) is 11.4 Å². The van der Waals surface area contributed by atoms with Crippen molar-refractivity contribution in [3.63, 3.8) is 0 Å². The average molecular weight is 349 g/mol. The Morgan fingerprint density at radius 2 is 1.92 bits per heavy atom. The molecule has 134 valence electrons. The molecule has 0 radical (unpaired) electrons. The zero-order valence-electron chi connectivity index (χ0n) is 13.6. The van der Waals surface area contributed by atoms with Crippen LogP contribution in [0.5, 0.6) is 0 Å². The number of guanidine groups is 2. The molecule has 0 aliphatic carbocycles. The third-order valence-electron chi connectivity index (χ3n) is 3.57. The van der Waals surface area contributed by atoms with Crippen molar-refractivity contribution in [2.45, 2.75) is 6.92 Å². The van der Waals surface area contributed by atoms with E-state index < -0.39 is 4.92 Å². The van der Waals surface area contributed by atoms with Crippen LogP contribution in [0.3, 0.4) is 0 Å². The van der Waals surface area contributed by atoms with Crippen molar-refractivity contribution in [1.82, 2.24) is 4.90 Å². The van der Waals surface area contributed by atoms with Crippen molar-refractivity contribution in [2.75, 3.05) is 26.3 Å². The Balaban J connectivity index is 2.49. The van der Waals surface area contributed by atoms with E-state index in [-0.39, 0.29) is 40.3 Å². The van der Waals surface area contributed by atoms with E-state index in [0.29, 0.717) is 26.3 Å². The lowest BCUT2D eigenvalue weighted by Gasteiger charge is -2.27. The molecule has 2 rings (SSSR count). The first-order valence-corrected chi connectivity index (χ1v) is 7.39. The van der Waals surface area contributed by atoms with E-state index in [0.717, 1.165) is 0 Å². The lowest BCUT2D eigenvalue weighted by Crippen LogP contribution is -2.40. The second kappa shape index (κ2) is 7.57. The van der Waals surface area contributed by atoms with Gasteiger partial charge in [0, 0.05) is 24.7 Å². The quantitative estimate of drug-likeness (QED) is 0.287. The Morgan fingerprint density at radius 3 is 2.48 bits per heavy atom. The normalized spacial score (nSPS) is 14.9. The summed E-state index contributed by atoms with van der Waals surface area (Å²) < 4.78 is 5.20. The molecule has 1 aromatic carbocycles.